The fourth-order valence-corrected chi connectivity index (χ4v) is 3.01. The van der Waals surface area contributed by atoms with Gasteiger partial charge in [-0.2, -0.15) is 0 Å². The average Bonchev–Trinajstić information content (AvgIpc) is 3.41. The molecule has 2 aliphatic rings. The molecule has 1 aliphatic heterocycles. The summed E-state index contributed by atoms with van der Waals surface area (Å²) in [4.78, 5) is 22.0. The number of aromatic nitrogens is 4. The van der Waals surface area contributed by atoms with Crippen LogP contribution in [0.4, 0.5) is 11.6 Å². The van der Waals surface area contributed by atoms with E-state index in [4.69, 9.17) is 0 Å². The fourth-order valence-electron chi connectivity index (χ4n) is 3.01. The number of hydrogen-bond acceptors (Lipinski definition) is 6. The second-order valence-electron chi connectivity index (χ2n) is 6.08. The van der Waals surface area contributed by atoms with Crippen molar-refractivity contribution >= 4 is 11.6 Å². The van der Waals surface area contributed by atoms with Crippen molar-refractivity contribution in [2.24, 2.45) is 0 Å². The van der Waals surface area contributed by atoms with Gasteiger partial charge in [-0.15, -0.1) is 0 Å². The van der Waals surface area contributed by atoms with Crippen LogP contribution in [0.2, 0.25) is 0 Å². The van der Waals surface area contributed by atoms with Gasteiger partial charge in [-0.05, 0) is 19.8 Å². The quantitative estimate of drug-likeness (QED) is 0.860. The van der Waals surface area contributed by atoms with Gasteiger partial charge in [0.2, 0.25) is 0 Å². The zero-order valence-corrected chi connectivity index (χ0v) is 12.8. The smallest absolute Gasteiger partial charge is 0.134 e. The lowest BCUT2D eigenvalue weighted by molar-refractivity contribution is 0.638. The minimum atomic E-state index is 0.673. The van der Waals surface area contributed by atoms with Crippen LogP contribution in [0.1, 0.15) is 30.0 Å². The molecular formula is C16H20N6. The molecule has 0 unspecified atom stereocenters. The van der Waals surface area contributed by atoms with Crippen molar-refractivity contribution in [3.63, 3.8) is 0 Å². The van der Waals surface area contributed by atoms with Crippen molar-refractivity contribution in [3.8, 4) is 0 Å². The van der Waals surface area contributed by atoms with Gasteiger partial charge in [0.25, 0.3) is 0 Å². The summed E-state index contributed by atoms with van der Waals surface area (Å²) >= 11 is 0. The Bertz CT molecular complexity index is 661. The Labute approximate surface area is 130 Å². The second kappa shape index (κ2) is 5.51. The Morgan fingerprint density at radius 1 is 0.955 bits per heavy atom. The van der Waals surface area contributed by atoms with E-state index in [9.17, 15) is 0 Å². The highest BCUT2D eigenvalue weighted by molar-refractivity contribution is 5.48. The molecule has 0 N–H and O–H groups in total. The van der Waals surface area contributed by atoms with E-state index in [2.05, 4.69) is 42.7 Å². The molecular weight excluding hydrogens is 276 g/mol. The monoisotopic (exact) mass is 296 g/mol. The average molecular weight is 296 g/mol. The molecule has 3 heterocycles. The summed E-state index contributed by atoms with van der Waals surface area (Å²) in [7, 11) is 0. The number of hydrogen-bond donors (Lipinski definition) is 0. The lowest BCUT2D eigenvalue weighted by atomic mass is 10.2. The molecule has 0 spiro atoms. The third kappa shape index (κ3) is 2.61. The molecule has 0 bridgehead atoms. The topological polar surface area (TPSA) is 58.0 Å². The molecule has 1 saturated heterocycles. The van der Waals surface area contributed by atoms with Crippen molar-refractivity contribution in [2.75, 3.05) is 36.0 Å². The predicted octanol–water partition coefficient (Wildman–Crippen LogP) is 1.78. The molecule has 1 aliphatic carbocycles. The van der Waals surface area contributed by atoms with Gasteiger partial charge in [0.05, 0.1) is 0 Å². The minimum absolute atomic E-state index is 0.673. The van der Waals surface area contributed by atoms with E-state index in [1.807, 2.05) is 6.20 Å². The van der Waals surface area contributed by atoms with Crippen molar-refractivity contribution in [2.45, 2.75) is 25.7 Å². The highest BCUT2D eigenvalue weighted by Crippen LogP contribution is 2.39. The second-order valence-corrected chi connectivity index (χ2v) is 6.08. The Hall–Kier alpha value is -2.24. The lowest BCUT2D eigenvalue weighted by Crippen LogP contribution is -2.47. The van der Waals surface area contributed by atoms with Crippen LogP contribution in [0.3, 0.4) is 0 Å². The van der Waals surface area contributed by atoms with Crippen LogP contribution in [0, 0.1) is 6.92 Å². The number of nitrogens with zero attached hydrogens (tertiary/aromatic N) is 6. The SMILES string of the molecule is Cc1cncnc1N1CCN(c2cc(C3CC3)ncn2)CC1. The maximum absolute atomic E-state index is 4.46. The Balaban J connectivity index is 1.45. The van der Waals surface area contributed by atoms with E-state index in [1.165, 1.54) is 18.5 Å². The van der Waals surface area contributed by atoms with E-state index in [-0.39, 0.29) is 0 Å². The van der Waals surface area contributed by atoms with E-state index in [0.29, 0.717) is 5.92 Å². The van der Waals surface area contributed by atoms with Crippen LogP contribution >= 0.6 is 0 Å². The molecule has 1 saturated carbocycles. The largest absolute Gasteiger partial charge is 0.353 e. The van der Waals surface area contributed by atoms with Gasteiger partial charge in [0, 0.05) is 55.6 Å². The van der Waals surface area contributed by atoms with Gasteiger partial charge in [0.15, 0.2) is 0 Å². The van der Waals surface area contributed by atoms with Crippen molar-refractivity contribution in [1.29, 1.82) is 0 Å². The van der Waals surface area contributed by atoms with Gasteiger partial charge in [-0.1, -0.05) is 0 Å². The Kier molecular flexibility index (Phi) is 3.36. The summed E-state index contributed by atoms with van der Waals surface area (Å²) in [6.45, 7) is 5.91. The first-order valence-corrected chi connectivity index (χ1v) is 7.90. The zero-order valence-electron chi connectivity index (χ0n) is 12.8. The third-order valence-corrected chi connectivity index (χ3v) is 4.44. The summed E-state index contributed by atoms with van der Waals surface area (Å²) < 4.78 is 0. The van der Waals surface area contributed by atoms with Crippen LogP contribution in [0.5, 0.6) is 0 Å². The number of piperazine rings is 1. The molecule has 0 atom stereocenters. The van der Waals surface area contributed by atoms with Gasteiger partial charge in [-0.3, -0.25) is 0 Å². The normalized spacial score (nSPS) is 18.6. The molecule has 2 aromatic rings. The van der Waals surface area contributed by atoms with E-state index in [1.54, 1.807) is 12.7 Å². The summed E-state index contributed by atoms with van der Waals surface area (Å²) in [6, 6.07) is 2.17. The molecule has 2 aromatic heterocycles. The lowest BCUT2D eigenvalue weighted by Gasteiger charge is -2.36. The molecule has 4 rings (SSSR count). The third-order valence-electron chi connectivity index (χ3n) is 4.44. The number of rotatable bonds is 3. The molecule has 2 fully saturated rings. The van der Waals surface area contributed by atoms with E-state index >= 15 is 0 Å². The molecule has 22 heavy (non-hydrogen) atoms. The van der Waals surface area contributed by atoms with E-state index in [0.717, 1.165) is 43.4 Å². The summed E-state index contributed by atoms with van der Waals surface area (Å²) in [5, 5.41) is 0. The molecule has 0 radical (unpaired) electrons. The number of aryl methyl sites for hydroxylation is 1. The first kappa shape index (κ1) is 13.4. The van der Waals surface area contributed by atoms with Crippen molar-refractivity contribution in [3.05, 3.63) is 36.2 Å². The predicted molar refractivity (Wildman–Crippen MR) is 85.2 cm³/mol. The number of anilines is 2. The van der Waals surface area contributed by atoms with Gasteiger partial charge < -0.3 is 9.80 Å². The van der Waals surface area contributed by atoms with Crippen LogP contribution in [0.15, 0.2) is 24.9 Å². The molecule has 6 heteroatoms. The van der Waals surface area contributed by atoms with Crippen molar-refractivity contribution < 1.29 is 0 Å². The van der Waals surface area contributed by atoms with Gasteiger partial charge in [0.1, 0.15) is 24.3 Å². The van der Waals surface area contributed by atoms with E-state index < -0.39 is 0 Å². The van der Waals surface area contributed by atoms with Crippen LogP contribution < -0.4 is 9.80 Å². The Morgan fingerprint density at radius 2 is 1.73 bits per heavy atom. The maximum Gasteiger partial charge on any atom is 0.134 e. The minimum Gasteiger partial charge on any atom is -0.353 e. The summed E-state index contributed by atoms with van der Waals surface area (Å²) in [6.07, 6.45) is 7.76. The highest BCUT2D eigenvalue weighted by atomic mass is 15.3. The first-order chi connectivity index (χ1) is 10.8. The highest BCUT2D eigenvalue weighted by Gasteiger charge is 2.26. The Morgan fingerprint density at radius 3 is 2.45 bits per heavy atom. The van der Waals surface area contributed by atoms with Gasteiger partial charge >= 0.3 is 0 Å². The maximum atomic E-state index is 4.46. The van der Waals surface area contributed by atoms with Crippen molar-refractivity contribution in [1.82, 2.24) is 19.9 Å². The summed E-state index contributed by atoms with van der Waals surface area (Å²) in [5.74, 6) is 2.79. The molecule has 114 valence electrons. The molecule has 0 amide bonds. The summed E-state index contributed by atoms with van der Waals surface area (Å²) in [5.41, 5.74) is 2.34. The molecule has 0 aromatic carbocycles. The zero-order chi connectivity index (χ0) is 14.9. The fraction of sp³-hybridized carbons (Fsp3) is 0.500. The molecule has 6 nitrogen and oxygen atoms in total. The van der Waals surface area contributed by atoms with Crippen LogP contribution in [-0.2, 0) is 0 Å². The standard InChI is InChI=1S/C16H20N6/c1-12-9-17-10-20-16(12)22-6-4-21(5-7-22)15-8-14(13-2-3-13)18-11-19-15/h8-11,13H,2-7H2,1H3. The van der Waals surface area contributed by atoms with Gasteiger partial charge in [-0.25, -0.2) is 19.9 Å². The van der Waals surface area contributed by atoms with Crippen LogP contribution in [-0.4, -0.2) is 46.1 Å². The first-order valence-electron chi connectivity index (χ1n) is 7.90. The van der Waals surface area contributed by atoms with Crippen LogP contribution in [0.25, 0.3) is 0 Å².